The number of hydrogen-bond donors (Lipinski definition) is 1. The summed E-state index contributed by atoms with van der Waals surface area (Å²) in [5.74, 6) is 0. The average molecular weight is 217 g/mol. The van der Waals surface area contributed by atoms with Gasteiger partial charge < -0.3 is 5.32 Å². The number of nitro benzene ring substituents is 1. The predicted octanol–water partition coefficient (Wildman–Crippen LogP) is 2.43. The van der Waals surface area contributed by atoms with Crippen molar-refractivity contribution in [3.05, 3.63) is 33.9 Å². The zero-order chi connectivity index (χ0) is 11.5. The van der Waals surface area contributed by atoms with Gasteiger partial charge in [-0.2, -0.15) is 5.26 Å². The van der Waals surface area contributed by atoms with Crippen LogP contribution in [0.1, 0.15) is 24.8 Å². The van der Waals surface area contributed by atoms with E-state index in [0.717, 1.165) is 12.8 Å². The molecule has 0 amide bonds. The van der Waals surface area contributed by atoms with Gasteiger partial charge in [-0.25, -0.2) is 0 Å². The lowest BCUT2D eigenvalue weighted by Gasteiger charge is -2.27. The van der Waals surface area contributed by atoms with E-state index < -0.39 is 4.92 Å². The minimum atomic E-state index is -0.457. The van der Waals surface area contributed by atoms with E-state index in [1.54, 1.807) is 12.1 Å². The first-order valence-corrected chi connectivity index (χ1v) is 5.16. The molecule has 0 atom stereocenters. The number of nitrogens with one attached hydrogen (secondary N) is 1. The predicted molar refractivity (Wildman–Crippen MR) is 59.1 cm³/mol. The Kier molecular flexibility index (Phi) is 2.73. The van der Waals surface area contributed by atoms with Crippen LogP contribution in [0.4, 0.5) is 11.4 Å². The molecule has 0 saturated heterocycles. The number of benzene rings is 1. The van der Waals surface area contributed by atoms with Gasteiger partial charge in [-0.15, -0.1) is 0 Å². The summed E-state index contributed by atoms with van der Waals surface area (Å²) in [6.45, 7) is 0. The van der Waals surface area contributed by atoms with Gasteiger partial charge in [0.05, 0.1) is 16.6 Å². The first-order chi connectivity index (χ1) is 7.70. The van der Waals surface area contributed by atoms with Gasteiger partial charge >= 0.3 is 0 Å². The maximum absolute atomic E-state index is 10.8. The Morgan fingerprint density at radius 2 is 2.25 bits per heavy atom. The SMILES string of the molecule is N#Cc1ccc(NC2CCC2)c([N+](=O)[O-])c1. The second kappa shape index (κ2) is 4.19. The van der Waals surface area contributed by atoms with Gasteiger partial charge in [0, 0.05) is 12.1 Å². The summed E-state index contributed by atoms with van der Waals surface area (Å²) in [6.07, 6.45) is 3.27. The van der Waals surface area contributed by atoms with Crippen molar-refractivity contribution in [2.24, 2.45) is 0 Å². The monoisotopic (exact) mass is 217 g/mol. The van der Waals surface area contributed by atoms with Gasteiger partial charge in [-0.3, -0.25) is 10.1 Å². The molecule has 1 N–H and O–H groups in total. The first kappa shape index (κ1) is 10.4. The summed E-state index contributed by atoms with van der Waals surface area (Å²) < 4.78 is 0. The molecule has 5 heteroatoms. The fourth-order valence-corrected chi connectivity index (χ4v) is 1.65. The van der Waals surface area contributed by atoms with E-state index in [9.17, 15) is 10.1 Å². The van der Waals surface area contributed by atoms with Crippen molar-refractivity contribution < 1.29 is 4.92 Å². The summed E-state index contributed by atoms with van der Waals surface area (Å²) in [5.41, 5.74) is 0.797. The fourth-order valence-electron chi connectivity index (χ4n) is 1.65. The van der Waals surface area contributed by atoms with Crippen LogP contribution >= 0.6 is 0 Å². The van der Waals surface area contributed by atoms with Crippen LogP contribution in [0.15, 0.2) is 18.2 Å². The van der Waals surface area contributed by atoms with Crippen molar-refractivity contribution in [3.63, 3.8) is 0 Å². The van der Waals surface area contributed by atoms with Crippen LogP contribution in [0, 0.1) is 21.4 Å². The Labute approximate surface area is 92.8 Å². The van der Waals surface area contributed by atoms with Crippen LogP contribution in [0.25, 0.3) is 0 Å². The van der Waals surface area contributed by atoms with Crippen molar-refractivity contribution in [1.82, 2.24) is 0 Å². The van der Waals surface area contributed by atoms with Crippen LogP contribution < -0.4 is 5.32 Å². The largest absolute Gasteiger partial charge is 0.377 e. The smallest absolute Gasteiger partial charge is 0.293 e. The minimum Gasteiger partial charge on any atom is -0.377 e. The lowest BCUT2D eigenvalue weighted by molar-refractivity contribution is -0.384. The molecule has 1 aliphatic rings. The molecular formula is C11H11N3O2. The number of hydrogen-bond acceptors (Lipinski definition) is 4. The molecule has 2 rings (SSSR count). The number of nitro groups is 1. The van der Waals surface area contributed by atoms with E-state index in [0.29, 0.717) is 17.3 Å². The molecule has 0 unspecified atom stereocenters. The average Bonchev–Trinajstić information content (AvgIpc) is 2.23. The molecule has 1 aromatic carbocycles. The number of nitriles is 1. The number of rotatable bonds is 3. The van der Waals surface area contributed by atoms with E-state index in [2.05, 4.69) is 5.32 Å². The van der Waals surface area contributed by atoms with Gasteiger partial charge in [0.15, 0.2) is 0 Å². The molecule has 0 aromatic heterocycles. The Morgan fingerprint density at radius 1 is 1.50 bits per heavy atom. The zero-order valence-corrected chi connectivity index (χ0v) is 8.64. The van der Waals surface area contributed by atoms with Gasteiger partial charge in [-0.05, 0) is 31.4 Å². The Morgan fingerprint density at radius 3 is 2.75 bits per heavy atom. The highest BCUT2D eigenvalue weighted by Crippen LogP contribution is 2.30. The van der Waals surface area contributed by atoms with E-state index in [4.69, 9.17) is 5.26 Å². The summed E-state index contributed by atoms with van der Waals surface area (Å²) >= 11 is 0. The highest BCUT2D eigenvalue weighted by molar-refractivity contribution is 5.64. The molecule has 0 heterocycles. The molecule has 1 aliphatic carbocycles. The molecule has 0 aliphatic heterocycles. The molecule has 0 spiro atoms. The van der Waals surface area contributed by atoms with E-state index in [1.165, 1.54) is 12.5 Å². The summed E-state index contributed by atoms with van der Waals surface area (Å²) in [4.78, 5) is 10.4. The summed E-state index contributed by atoms with van der Waals surface area (Å²) in [6, 6.07) is 6.74. The molecule has 5 nitrogen and oxygen atoms in total. The molecule has 16 heavy (non-hydrogen) atoms. The topological polar surface area (TPSA) is 79.0 Å². The van der Waals surface area contributed by atoms with Crippen molar-refractivity contribution in [1.29, 1.82) is 5.26 Å². The third-order valence-electron chi connectivity index (χ3n) is 2.79. The van der Waals surface area contributed by atoms with Gasteiger partial charge in [0.2, 0.25) is 0 Å². The second-order valence-corrected chi connectivity index (χ2v) is 3.87. The van der Waals surface area contributed by atoms with Crippen LogP contribution in [0.5, 0.6) is 0 Å². The fraction of sp³-hybridized carbons (Fsp3) is 0.364. The molecule has 0 bridgehead atoms. The maximum Gasteiger partial charge on any atom is 0.293 e. The van der Waals surface area contributed by atoms with Crippen molar-refractivity contribution in [2.45, 2.75) is 25.3 Å². The molecule has 0 radical (unpaired) electrons. The van der Waals surface area contributed by atoms with Crippen molar-refractivity contribution >= 4 is 11.4 Å². The van der Waals surface area contributed by atoms with Crippen molar-refractivity contribution in [3.8, 4) is 6.07 Å². The van der Waals surface area contributed by atoms with Crippen LogP contribution in [0.3, 0.4) is 0 Å². The third-order valence-corrected chi connectivity index (χ3v) is 2.79. The van der Waals surface area contributed by atoms with Crippen molar-refractivity contribution in [2.75, 3.05) is 5.32 Å². The van der Waals surface area contributed by atoms with Crippen LogP contribution in [0.2, 0.25) is 0 Å². The molecule has 82 valence electrons. The lowest BCUT2D eigenvalue weighted by atomic mass is 9.93. The second-order valence-electron chi connectivity index (χ2n) is 3.87. The summed E-state index contributed by atoms with van der Waals surface area (Å²) in [7, 11) is 0. The maximum atomic E-state index is 10.8. The third kappa shape index (κ3) is 1.96. The standard InChI is InChI=1S/C11H11N3O2/c12-7-8-4-5-10(11(6-8)14(15)16)13-9-2-1-3-9/h4-6,9,13H,1-3H2. The molecule has 1 aromatic rings. The number of anilines is 1. The minimum absolute atomic E-state index is 0.0223. The first-order valence-electron chi connectivity index (χ1n) is 5.16. The normalized spacial score (nSPS) is 14.9. The summed E-state index contributed by atoms with van der Waals surface area (Å²) in [5, 5.41) is 22.6. The highest BCUT2D eigenvalue weighted by atomic mass is 16.6. The zero-order valence-electron chi connectivity index (χ0n) is 8.64. The van der Waals surface area contributed by atoms with Gasteiger partial charge in [-0.1, -0.05) is 0 Å². The Bertz CT molecular complexity index is 461. The molecule has 1 saturated carbocycles. The highest BCUT2D eigenvalue weighted by Gasteiger charge is 2.21. The molecule has 1 fully saturated rings. The number of nitrogens with zero attached hydrogens (tertiary/aromatic N) is 2. The quantitative estimate of drug-likeness (QED) is 0.622. The Hall–Kier alpha value is -2.09. The Balaban J connectivity index is 2.28. The van der Waals surface area contributed by atoms with E-state index >= 15 is 0 Å². The van der Waals surface area contributed by atoms with E-state index in [1.807, 2.05) is 6.07 Å². The van der Waals surface area contributed by atoms with Gasteiger partial charge in [0.25, 0.3) is 5.69 Å². The van der Waals surface area contributed by atoms with Crippen LogP contribution in [-0.4, -0.2) is 11.0 Å². The lowest BCUT2D eigenvalue weighted by Crippen LogP contribution is -2.27. The van der Waals surface area contributed by atoms with Crippen LogP contribution in [-0.2, 0) is 0 Å². The van der Waals surface area contributed by atoms with E-state index in [-0.39, 0.29) is 5.69 Å². The van der Waals surface area contributed by atoms with Gasteiger partial charge in [0.1, 0.15) is 5.69 Å². The molecular weight excluding hydrogens is 206 g/mol.